The minimum absolute atomic E-state index is 0.501. The first-order valence-corrected chi connectivity index (χ1v) is 13.7. The van der Waals surface area contributed by atoms with Crippen LogP contribution in [0.3, 0.4) is 0 Å². The highest BCUT2D eigenvalue weighted by Gasteiger charge is 2.40. The predicted octanol–water partition coefficient (Wildman–Crippen LogP) is 5.47. The third-order valence-corrected chi connectivity index (χ3v) is 12.0. The quantitative estimate of drug-likeness (QED) is 0.333. The number of unbranched alkanes of at least 4 members (excludes halogenated alkanes) is 9. The van der Waals surface area contributed by atoms with Gasteiger partial charge in [0.15, 0.2) is 7.60 Å². The van der Waals surface area contributed by atoms with Crippen molar-refractivity contribution in [2.45, 2.75) is 89.9 Å². The average Bonchev–Trinajstić information content (AvgIpc) is 2.39. The van der Waals surface area contributed by atoms with E-state index in [1.54, 1.807) is 0 Å². The molecule has 0 aromatic carbocycles. The summed E-state index contributed by atoms with van der Waals surface area (Å²) in [6.45, 7) is 8.27. The van der Waals surface area contributed by atoms with E-state index in [0.717, 1.165) is 12.6 Å². The zero-order valence-electron chi connectivity index (χ0n) is 15.2. The molecule has 22 heavy (non-hydrogen) atoms. The van der Waals surface area contributed by atoms with E-state index in [2.05, 4.69) is 20.3 Å². The first-order valence-electron chi connectivity index (χ1n) is 9.11. The molecular formula is C17H38O3P2. The van der Waals surface area contributed by atoms with Gasteiger partial charge >= 0.3 is 0 Å². The van der Waals surface area contributed by atoms with E-state index in [1.807, 2.05) is 6.92 Å². The van der Waals surface area contributed by atoms with Crippen LogP contribution >= 0.6 is 14.9 Å². The lowest BCUT2D eigenvalue weighted by atomic mass is 10.1. The van der Waals surface area contributed by atoms with Crippen molar-refractivity contribution in [3.8, 4) is 0 Å². The Morgan fingerprint density at radius 2 is 1.32 bits per heavy atom. The Morgan fingerprint density at radius 3 is 1.68 bits per heavy atom. The minimum atomic E-state index is -4.18. The van der Waals surface area contributed by atoms with Crippen molar-refractivity contribution in [1.82, 2.24) is 0 Å². The van der Waals surface area contributed by atoms with E-state index >= 15 is 0 Å². The van der Waals surface area contributed by atoms with Gasteiger partial charge in [0.05, 0.1) is 6.16 Å². The molecule has 2 atom stereocenters. The van der Waals surface area contributed by atoms with Crippen LogP contribution in [0.15, 0.2) is 0 Å². The Labute approximate surface area is 139 Å². The normalized spacial score (nSPS) is 16.5. The molecule has 3 nitrogen and oxygen atoms in total. The van der Waals surface area contributed by atoms with E-state index in [4.69, 9.17) is 0 Å². The SMILES string of the molecule is CCCCCCCCCCCC[P+](C)(C)C(CC)P(=O)([O-])O. The summed E-state index contributed by atoms with van der Waals surface area (Å²) in [5.74, 6) is 0. The van der Waals surface area contributed by atoms with Crippen molar-refractivity contribution in [1.29, 1.82) is 0 Å². The monoisotopic (exact) mass is 352 g/mol. The van der Waals surface area contributed by atoms with Gasteiger partial charge in [0, 0.05) is 20.6 Å². The second-order valence-corrected chi connectivity index (χ2v) is 13.9. The summed E-state index contributed by atoms with van der Waals surface area (Å²) in [6.07, 6.45) is 14.5. The summed E-state index contributed by atoms with van der Waals surface area (Å²) >= 11 is 0. The molecule has 0 aromatic heterocycles. The van der Waals surface area contributed by atoms with Crippen LogP contribution in [-0.4, -0.2) is 29.8 Å². The lowest BCUT2D eigenvalue weighted by molar-refractivity contribution is -0.194. The molecule has 0 saturated heterocycles. The zero-order valence-corrected chi connectivity index (χ0v) is 17.0. The van der Waals surface area contributed by atoms with Gasteiger partial charge in [-0.2, -0.15) is 0 Å². The van der Waals surface area contributed by atoms with Gasteiger partial charge in [-0.15, -0.1) is 0 Å². The van der Waals surface area contributed by atoms with Crippen LogP contribution < -0.4 is 4.89 Å². The molecule has 0 aliphatic heterocycles. The standard InChI is InChI=1S/C17H38O3P2/c1-5-7-8-9-10-11-12-13-14-15-16-21(3,4)17(6-2)22(18,19)20/h17H,5-16H2,1-4H3,(H-,18,19,20). The van der Waals surface area contributed by atoms with Crippen molar-refractivity contribution < 1.29 is 14.4 Å². The van der Waals surface area contributed by atoms with Crippen molar-refractivity contribution >= 4 is 14.9 Å². The lowest BCUT2D eigenvalue weighted by Gasteiger charge is -2.33. The zero-order chi connectivity index (χ0) is 17.1. The summed E-state index contributed by atoms with van der Waals surface area (Å²) < 4.78 is 11.5. The van der Waals surface area contributed by atoms with Crippen molar-refractivity contribution in [3.63, 3.8) is 0 Å². The Hall–Kier alpha value is 0.580. The summed E-state index contributed by atoms with van der Waals surface area (Å²) in [5.41, 5.74) is 0. The van der Waals surface area contributed by atoms with E-state index < -0.39 is 20.3 Å². The van der Waals surface area contributed by atoms with Crippen LogP contribution in [0.25, 0.3) is 0 Å². The van der Waals surface area contributed by atoms with E-state index in [1.165, 1.54) is 57.8 Å². The molecule has 0 bridgehead atoms. The van der Waals surface area contributed by atoms with Crippen LogP contribution in [0.1, 0.15) is 84.5 Å². The van der Waals surface area contributed by atoms with E-state index in [-0.39, 0.29) is 0 Å². The van der Waals surface area contributed by atoms with Crippen LogP contribution in [0.5, 0.6) is 0 Å². The van der Waals surface area contributed by atoms with Gasteiger partial charge < -0.3 is 14.4 Å². The van der Waals surface area contributed by atoms with Crippen LogP contribution in [0, 0.1) is 0 Å². The van der Waals surface area contributed by atoms with Crippen LogP contribution in [0.4, 0.5) is 0 Å². The highest BCUT2D eigenvalue weighted by Crippen LogP contribution is 2.68. The van der Waals surface area contributed by atoms with Crippen LogP contribution in [0.2, 0.25) is 0 Å². The van der Waals surface area contributed by atoms with E-state index in [9.17, 15) is 14.4 Å². The fraction of sp³-hybridized carbons (Fsp3) is 1.00. The molecule has 0 saturated carbocycles. The first kappa shape index (κ1) is 22.6. The molecule has 0 heterocycles. The van der Waals surface area contributed by atoms with Gasteiger partial charge in [0.25, 0.3) is 0 Å². The fourth-order valence-corrected chi connectivity index (χ4v) is 9.57. The second-order valence-electron chi connectivity index (χ2n) is 7.14. The fourth-order valence-electron chi connectivity index (χ4n) is 3.28. The number of rotatable bonds is 14. The molecule has 0 aliphatic rings. The molecule has 0 aromatic rings. The maximum atomic E-state index is 11.5. The van der Waals surface area contributed by atoms with Gasteiger partial charge in [-0.25, -0.2) is 0 Å². The lowest BCUT2D eigenvalue weighted by Crippen LogP contribution is -2.20. The minimum Gasteiger partial charge on any atom is -0.776 e. The smallest absolute Gasteiger partial charge is 0.172 e. The average molecular weight is 352 g/mol. The summed E-state index contributed by atoms with van der Waals surface area (Å²) in [6, 6.07) is 0. The summed E-state index contributed by atoms with van der Waals surface area (Å²) in [5, 5.41) is -0.501. The highest BCUT2D eigenvalue weighted by molar-refractivity contribution is 7.84. The molecule has 0 rings (SSSR count). The maximum absolute atomic E-state index is 11.5. The maximum Gasteiger partial charge on any atom is 0.172 e. The van der Waals surface area contributed by atoms with Crippen molar-refractivity contribution in [3.05, 3.63) is 0 Å². The van der Waals surface area contributed by atoms with Crippen molar-refractivity contribution in [2.24, 2.45) is 0 Å². The largest absolute Gasteiger partial charge is 0.776 e. The Balaban J connectivity index is 3.75. The third kappa shape index (κ3) is 10.4. The van der Waals surface area contributed by atoms with Gasteiger partial charge in [-0.05, 0) is 19.3 Å². The third-order valence-electron chi connectivity index (χ3n) is 4.64. The topological polar surface area (TPSA) is 60.4 Å². The molecule has 5 heteroatoms. The summed E-state index contributed by atoms with van der Waals surface area (Å²) in [4.78, 5) is 20.9. The number of hydrogen-bond donors (Lipinski definition) is 1. The Kier molecular flexibility index (Phi) is 12.3. The molecule has 2 unspecified atom stereocenters. The molecule has 0 fully saturated rings. The molecule has 1 N–H and O–H groups in total. The highest BCUT2D eigenvalue weighted by atomic mass is 31.2. The van der Waals surface area contributed by atoms with Gasteiger partial charge in [-0.3, -0.25) is 0 Å². The molecule has 0 radical (unpaired) electrons. The molecule has 134 valence electrons. The first-order chi connectivity index (χ1) is 10.3. The van der Waals surface area contributed by atoms with Gasteiger partial charge in [-0.1, -0.05) is 65.2 Å². The Morgan fingerprint density at radius 1 is 0.909 bits per heavy atom. The predicted molar refractivity (Wildman–Crippen MR) is 99.4 cm³/mol. The van der Waals surface area contributed by atoms with Crippen molar-refractivity contribution in [2.75, 3.05) is 19.5 Å². The van der Waals surface area contributed by atoms with Gasteiger partial charge in [0.2, 0.25) is 0 Å². The molecule has 0 spiro atoms. The second kappa shape index (κ2) is 12.0. The molecule has 0 amide bonds. The Bertz CT molecular complexity index is 313. The summed E-state index contributed by atoms with van der Waals surface area (Å²) in [7, 11) is -5.75. The van der Waals surface area contributed by atoms with Gasteiger partial charge in [0.1, 0.15) is 5.40 Å². The molecule has 0 aliphatic carbocycles. The number of hydrogen-bond acceptors (Lipinski definition) is 2. The van der Waals surface area contributed by atoms with Crippen LogP contribution in [-0.2, 0) is 4.57 Å². The van der Waals surface area contributed by atoms with E-state index in [0.29, 0.717) is 6.42 Å². The molecular weight excluding hydrogens is 314 g/mol.